The van der Waals surface area contributed by atoms with Gasteiger partial charge in [-0.05, 0) is 12.1 Å². The van der Waals surface area contributed by atoms with Crippen molar-refractivity contribution >= 4 is 12.1 Å². The maximum atomic E-state index is 12.9. The van der Waals surface area contributed by atoms with E-state index in [1.54, 1.807) is 0 Å². The maximum absolute atomic E-state index is 12.9. The molecule has 0 aliphatic heterocycles. The quantitative estimate of drug-likeness (QED) is 0.510. The molecule has 13 heavy (non-hydrogen) atoms. The molecule has 1 rings (SSSR count). The zero-order valence-electron chi connectivity index (χ0n) is 6.64. The summed E-state index contributed by atoms with van der Waals surface area (Å²) in [6.45, 7) is 0. The second-order valence-electron chi connectivity index (χ2n) is 2.34. The van der Waals surface area contributed by atoms with Crippen LogP contribution in [-0.2, 0) is 4.79 Å². The van der Waals surface area contributed by atoms with Gasteiger partial charge in [0.25, 0.3) is 0 Å². The summed E-state index contributed by atoms with van der Waals surface area (Å²) in [6.07, 6.45) is 1.32. The molecule has 2 nitrogen and oxygen atoms in total. The van der Waals surface area contributed by atoms with Crippen molar-refractivity contribution in [3.63, 3.8) is 0 Å². The number of rotatable bonds is 2. The van der Waals surface area contributed by atoms with Crippen molar-refractivity contribution < 1.29 is 18.0 Å². The Morgan fingerprint density at radius 2 is 1.85 bits per heavy atom. The minimum atomic E-state index is -1.60. The van der Waals surface area contributed by atoms with E-state index in [0.29, 0.717) is 4.90 Å². The third-order valence-corrected chi connectivity index (χ3v) is 1.51. The van der Waals surface area contributed by atoms with E-state index in [0.717, 1.165) is 12.1 Å². The van der Waals surface area contributed by atoms with Crippen LogP contribution in [0.3, 0.4) is 0 Å². The lowest BCUT2D eigenvalue weighted by Crippen LogP contribution is -2.16. The second kappa shape index (κ2) is 3.47. The highest BCUT2D eigenvalue weighted by molar-refractivity contribution is 5.74. The van der Waals surface area contributed by atoms with Gasteiger partial charge in [0, 0.05) is 7.05 Å². The minimum Gasteiger partial charge on any atom is -0.304 e. The highest BCUT2D eigenvalue weighted by Crippen LogP contribution is 2.21. The van der Waals surface area contributed by atoms with Gasteiger partial charge in [0.1, 0.15) is 0 Å². The first-order valence-electron chi connectivity index (χ1n) is 3.33. The van der Waals surface area contributed by atoms with Crippen LogP contribution < -0.4 is 4.90 Å². The number of benzene rings is 1. The van der Waals surface area contributed by atoms with E-state index in [1.165, 1.54) is 13.5 Å². The van der Waals surface area contributed by atoms with Gasteiger partial charge in [-0.3, -0.25) is 4.79 Å². The van der Waals surface area contributed by atoms with Gasteiger partial charge in [-0.1, -0.05) is 0 Å². The Hall–Kier alpha value is -1.52. The van der Waals surface area contributed by atoms with Crippen molar-refractivity contribution in [3.05, 3.63) is 29.6 Å². The molecular formula is C8H5F3NO. The lowest BCUT2D eigenvalue weighted by atomic mass is 10.2. The van der Waals surface area contributed by atoms with E-state index < -0.39 is 17.5 Å². The van der Waals surface area contributed by atoms with Crippen LogP contribution in [0.4, 0.5) is 18.9 Å². The number of anilines is 1. The van der Waals surface area contributed by atoms with E-state index in [2.05, 4.69) is 0 Å². The van der Waals surface area contributed by atoms with Crippen LogP contribution in [0.15, 0.2) is 12.1 Å². The molecule has 0 aliphatic rings. The van der Waals surface area contributed by atoms with Gasteiger partial charge in [0.15, 0.2) is 17.5 Å². The normalized spacial score (nSPS) is 9.85. The van der Waals surface area contributed by atoms with Crippen LogP contribution in [-0.4, -0.2) is 13.5 Å². The third kappa shape index (κ3) is 1.63. The SMILES string of the molecule is CN([C]=O)c1ccc(F)c(F)c1F. The summed E-state index contributed by atoms with van der Waals surface area (Å²) < 4.78 is 37.8. The lowest BCUT2D eigenvalue weighted by Gasteiger charge is -2.10. The number of hydrogen-bond donors (Lipinski definition) is 0. The van der Waals surface area contributed by atoms with Crippen LogP contribution >= 0.6 is 0 Å². The van der Waals surface area contributed by atoms with Crippen molar-refractivity contribution in [3.8, 4) is 0 Å². The summed E-state index contributed by atoms with van der Waals surface area (Å²) in [5, 5.41) is 0. The molecule has 0 saturated heterocycles. The fourth-order valence-electron chi connectivity index (χ4n) is 0.824. The van der Waals surface area contributed by atoms with E-state index in [9.17, 15) is 18.0 Å². The molecule has 0 saturated carbocycles. The van der Waals surface area contributed by atoms with E-state index in [4.69, 9.17) is 0 Å². The molecule has 0 heterocycles. The number of halogens is 3. The Kier molecular flexibility index (Phi) is 2.55. The molecule has 0 aromatic heterocycles. The molecule has 0 spiro atoms. The predicted octanol–water partition coefficient (Wildman–Crippen LogP) is 1.61. The Morgan fingerprint density at radius 1 is 1.23 bits per heavy atom. The topological polar surface area (TPSA) is 20.3 Å². The first kappa shape index (κ1) is 9.57. The van der Waals surface area contributed by atoms with Gasteiger partial charge in [-0.25, -0.2) is 13.2 Å². The Morgan fingerprint density at radius 3 is 2.38 bits per heavy atom. The van der Waals surface area contributed by atoms with Crippen molar-refractivity contribution in [2.75, 3.05) is 11.9 Å². The molecule has 0 unspecified atom stereocenters. The maximum Gasteiger partial charge on any atom is 0.316 e. The summed E-state index contributed by atoms with van der Waals surface area (Å²) in [7, 11) is 1.18. The number of hydrogen-bond acceptors (Lipinski definition) is 1. The van der Waals surface area contributed by atoms with Gasteiger partial charge in [0.2, 0.25) is 0 Å². The summed E-state index contributed by atoms with van der Waals surface area (Å²) in [6, 6.07) is 1.69. The molecule has 0 N–H and O–H groups in total. The lowest BCUT2D eigenvalue weighted by molar-refractivity contribution is 0.447. The van der Waals surface area contributed by atoms with Gasteiger partial charge < -0.3 is 4.90 Å². The van der Waals surface area contributed by atoms with Crippen molar-refractivity contribution in [2.24, 2.45) is 0 Å². The molecule has 1 aromatic rings. The monoisotopic (exact) mass is 188 g/mol. The standard InChI is InChI=1S/C8H5F3NO/c1-12(4-13)6-3-2-5(9)7(10)8(6)11/h2-3H,1H3. The molecule has 5 heteroatoms. The molecule has 69 valence electrons. The molecule has 0 fully saturated rings. The zero-order valence-corrected chi connectivity index (χ0v) is 6.64. The highest BCUT2D eigenvalue weighted by Gasteiger charge is 2.15. The number of carbonyl (C=O) groups excluding carboxylic acids is 1. The number of amides is 1. The molecule has 1 amide bonds. The molecule has 0 aliphatic carbocycles. The average Bonchev–Trinajstić information content (AvgIpc) is 2.13. The Labute approximate surface area is 72.6 Å². The third-order valence-electron chi connectivity index (χ3n) is 1.51. The molecule has 1 radical (unpaired) electrons. The highest BCUT2D eigenvalue weighted by atomic mass is 19.2. The summed E-state index contributed by atoms with van der Waals surface area (Å²) in [5.41, 5.74) is -0.353. The van der Waals surface area contributed by atoms with Gasteiger partial charge in [-0.15, -0.1) is 0 Å². The molecule has 0 atom stereocenters. The summed E-state index contributed by atoms with van der Waals surface area (Å²) >= 11 is 0. The van der Waals surface area contributed by atoms with Crippen LogP contribution in [0, 0.1) is 17.5 Å². The fraction of sp³-hybridized carbons (Fsp3) is 0.125. The summed E-state index contributed by atoms with van der Waals surface area (Å²) in [5.74, 6) is -4.29. The van der Waals surface area contributed by atoms with Crippen LogP contribution in [0.25, 0.3) is 0 Å². The van der Waals surface area contributed by atoms with E-state index in [1.807, 2.05) is 0 Å². The first-order chi connectivity index (χ1) is 6.07. The molecule has 1 aromatic carbocycles. The predicted molar refractivity (Wildman–Crippen MR) is 40.4 cm³/mol. The second-order valence-corrected chi connectivity index (χ2v) is 2.34. The Balaban J connectivity index is 3.25. The smallest absolute Gasteiger partial charge is 0.304 e. The first-order valence-corrected chi connectivity index (χ1v) is 3.33. The van der Waals surface area contributed by atoms with E-state index >= 15 is 0 Å². The van der Waals surface area contributed by atoms with Gasteiger partial charge in [0.05, 0.1) is 5.69 Å². The van der Waals surface area contributed by atoms with Crippen molar-refractivity contribution in [1.82, 2.24) is 0 Å². The number of nitrogens with zero attached hydrogens (tertiary/aromatic N) is 1. The van der Waals surface area contributed by atoms with E-state index in [-0.39, 0.29) is 5.69 Å². The van der Waals surface area contributed by atoms with Crippen molar-refractivity contribution in [2.45, 2.75) is 0 Å². The van der Waals surface area contributed by atoms with Crippen molar-refractivity contribution in [1.29, 1.82) is 0 Å². The van der Waals surface area contributed by atoms with Crippen LogP contribution in [0.2, 0.25) is 0 Å². The van der Waals surface area contributed by atoms with Crippen LogP contribution in [0.5, 0.6) is 0 Å². The fourth-order valence-corrected chi connectivity index (χ4v) is 0.824. The van der Waals surface area contributed by atoms with Crippen LogP contribution in [0.1, 0.15) is 0 Å². The molecule has 0 bridgehead atoms. The zero-order chi connectivity index (χ0) is 10.0. The average molecular weight is 188 g/mol. The largest absolute Gasteiger partial charge is 0.316 e. The van der Waals surface area contributed by atoms with Gasteiger partial charge in [-0.2, -0.15) is 0 Å². The molecular weight excluding hydrogens is 183 g/mol. The Bertz CT molecular complexity index is 340. The van der Waals surface area contributed by atoms with Gasteiger partial charge >= 0.3 is 6.41 Å². The minimum absolute atomic E-state index is 0.353. The summed E-state index contributed by atoms with van der Waals surface area (Å²) in [4.78, 5) is 10.8.